The summed E-state index contributed by atoms with van der Waals surface area (Å²) in [5.41, 5.74) is 2.51. The van der Waals surface area contributed by atoms with Gasteiger partial charge in [-0.2, -0.15) is 5.26 Å². The fourth-order valence-electron chi connectivity index (χ4n) is 5.14. The number of amides is 2. The van der Waals surface area contributed by atoms with Crippen molar-refractivity contribution in [3.05, 3.63) is 101 Å². The van der Waals surface area contributed by atoms with E-state index in [9.17, 15) is 20.0 Å². The van der Waals surface area contributed by atoms with Gasteiger partial charge in [-0.25, -0.2) is 4.98 Å². The minimum atomic E-state index is -0.394. The molecule has 0 radical (unpaired) electrons. The average Bonchev–Trinajstić information content (AvgIpc) is 3.46. The molecule has 1 saturated heterocycles. The summed E-state index contributed by atoms with van der Waals surface area (Å²) in [6.45, 7) is 1.67. The molecule has 1 atom stereocenters. The maximum Gasteiger partial charge on any atom is 0.266 e. The minimum Gasteiger partial charge on any atom is -0.507 e. The van der Waals surface area contributed by atoms with Crippen LogP contribution < -0.4 is 16.0 Å². The number of fused-ring (bicyclic) bond motifs is 1. The molecular weight excluding hydrogens is 582 g/mol. The van der Waals surface area contributed by atoms with Crippen LogP contribution in [0, 0.1) is 11.3 Å². The lowest BCUT2D eigenvalue weighted by atomic mass is 9.96. The van der Waals surface area contributed by atoms with Crippen molar-refractivity contribution in [2.75, 3.05) is 18.4 Å². The van der Waals surface area contributed by atoms with E-state index in [1.54, 1.807) is 60.7 Å². The van der Waals surface area contributed by atoms with Gasteiger partial charge < -0.3 is 21.1 Å². The number of thiophene rings is 1. The third-order valence-corrected chi connectivity index (χ3v) is 8.38. The number of hydrogen-bond donors (Lipinski definition) is 4. The third-order valence-electron chi connectivity index (χ3n) is 7.26. The zero-order valence-corrected chi connectivity index (χ0v) is 24.6. The Bertz CT molecular complexity index is 1830. The van der Waals surface area contributed by atoms with Crippen LogP contribution in [0.4, 0.5) is 5.82 Å². The Morgan fingerprint density at radius 1 is 0.977 bits per heavy atom. The maximum absolute atomic E-state index is 13.4. The van der Waals surface area contributed by atoms with Crippen molar-refractivity contribution < 1.29 is 14.7 Å². The van der Waals surface area contributed by atoms with Gasteiger partial charge in [-0.05, 0) is 72.8 Å². The number of aromatic hydroxyl groups is 1. The van der Waals surface area contributed by atoms with Gasteiger partial charge in [0.1, 0.15) is 17.4 Å². The molecule has 0 aliphatic carbocycles. The van der Waals surface area contributed by atoms with Crippen molar-refractivity contribution >= 4 is 51.5 Å². The molecule has 216 valence electrons. The molecule has 1 aliphatic heterocycles. The molecule has 43 heavy (non-hydrogen) atoms. The van der Waals surface area contributed by atoms with Crippen LogP contribution in [0.3, 0.4) is 0 Å². The van der Waals surface area contributed by atoms with E-state index in [-0.39, 0.29) is 41.5 Å². The van der Waals surface area contributed by atoms with Crippen molar-refractivity contribution in [1.82, 2.24) is 15.6 Å². The first kappa shape index (κ1) is 29.7. The van der Waals surface area contributed by atoms with Crippen LogP contribution >= 0.6 is 23.7 Å². The lowest BCUT2D eigenvalue weighted by molar-refractivity contribution is 0.0930. The lowest BCUT2D eigenvalue weighted by Gasteiger charge is -2.23. The SMILES string of the molecule is Cl.N#Cc1c(-c2cccc(C(=O)NC3CCCNC3)c2)cc(-c2ccccc2O)nc1NC(=O)c1cc2ccccc2s1. The van der Waals surface area contributed by atoms with Crippen LogP contribution in [-0.4, -0.2) is 41.0 Å². The summed E-state index contributed by atoms with van der Waals surface area (Å²) in [6, 6.07) is 27.2. The number of para-hydroxylation sites is 1. The number of anilines is 1. The van der Waals surface area contributed by atoms with Gasteiger partial charge >= 0.3 is 0 Å². The highest BCUT2D eigenvalue weighted by Crippen LogP contribution is 2.36. The zero-order valence-electron chi connectivity index (χ0n) is 23.0. The van der Waals surface area contributed by atoms with Gasteiger partial charge in [-0.3, -0.25) is 9.59 Å². The van der Waals surface area contributed by atoms with E-state index in [4.69, 9.17) is 0 Å². The number of carbonyl (C=O) groups excluding carboxylic acids is 2. The number of pyridine rings is 1. The van der Waals surface area contributed by atoms with Gasteiger partial charge in [0, 0.05) is 34.0 Å². The van der Waals surface area contributed by atoms with E-state index >= 15 is 0 Å². The number of rotatable bonds is 6. The van der Waals surface area contributed by atoms with Gasteiger partial charge in [0.25, 0.3) is 11.8 Å². The molecule has 6 rings (SSSR count). The van der Waals surface area contributed by atoms with Gasteiger partial charge in [0.2, 0.25) is 0 Å². The number of piperidine rings is 1. The molecule has 0 bridgehead atoms. The normalized spacial score (nSPS) is 14.3. The number of halogens is 1. The van der Waals surface area contributed by atoms with E-state index in [2.05, 4.69) is 27.0 Å². The second-order valence-corrected chi connectivity index (χ2v) is 11.2. The predicted octanol–water partition coefficient (Wildman–Crippen LogP) is 6.36. The highest BCUT2D eigenvalue weighted by Gasteiger charge is 2.21. The second kappa shape index (κ2) is 13.0. The minimum absolute atomic E-state index is 0. The van der Waals surface area contributed by atoms with Gasteiger partial charge in [0.15, 0.2) is 5.82 Å². The van der Waals surface area contributed by atoms with Crippen LogP contribution in [0.2, 0.25) is 0 Å². The number of carbonyl (C=O) groups is 2. The molecule has 1 fully saturated rings. The second-order valence-electron chi connectivity index (χ2n) is 10.1. The van der Waals surface area contributed by atoms with Crippen LogP contribution in [-0.2, 0) is 0 Å². The standard InChI is InChI=1S/C33H27N5O3S.ClH/c34-18-26-25(20-8-5-9-22(15-20)32(40)36-23-10-6-14-35-19-23)17-27(24-11-2-3-12-28(24)39)37-31(26)38-33(41)30-16-21-7-1-4-13-29(21)42-30;/h1-5,7-9,11-13,15-17,23,35,39H,6,10,14,19H2,(H,36,40)(H,37,38,41);1H. The lowest BCUT2D eigenvalue weighted by Crippen LogP contribution is -2.45. The summed E-state index contributed by atoms with van der Waals surface area (Å²) in [5, 5.41) is 31.1. The summed E-state index contributed by atoms with van der Waals surface area (Å²) in [6.07, 6.45) is 1.91. The Morgan fingerprint density at radius 3 is 2.56 bits per heavy atom. The Labute approximate surface area is 258 Å². The summed E-state index contributed by atoms with van der Waals surface area (Å²) in [7, 11) is 0. The van der Waals surface area contributed by atoms with Crippen LogP contribution in [0.5, 0.6) is 5.75 Å². The first-order valence-corrected chi connectivity index (χ1v) is 14.5. The fourth-order valence-corrected chi connectivity index (χ4v) is 6.10. The predicted molar refractivity (Wildman–Crippen MR) is 172 cm³/mol. The Morgan fingerprint density at radius 2 is 1.79 bits per heavy atom. The van der Waals surface area contributed by atoms with Crippen molar-refractivity contribution in [3.8, 4) is 34.2 Å². The van der Waals surface area contributed by atoms with Crippen molar-refractivity contribution in [2.24, 2.45) is 0 Å². The highest BCUT2D eigenvalue weighted by molar-refractivity contribution is 7.20. The molecule has 3 aromatic carbocycles. The number of aromatic nitrogens is 1. The number of nitrogens with one attached hydrogen (secondary N) is 3. The monoisotopic (exact) mass is 609 g/mol. The molecular formula is C33H28ClN5O3S. The van der Waals surface area contributed by atoms with E-state index in [0.29, 0.717) is 32.8 Å². The maximum atomic E-state index is 13.4. The average molecular weight is 610 g/mol. The first-order valence-electron chi connectivity index (χ1n) is 13.7. The zero-order chi connectivity index (χ0) is 29.1. The molecule has 2 amide bonds. The topological polar surface area (TPSA) is 127 Å². The molecule has 1 unspecified atom stereocenters. The quantitative estimate of drug-likeness (QED) is 0.177. The van der Waals surface area contributed by atoms with Crippen LogP contribution in [0.1, 0.15) is 38.4 Å². The molecule has 2 aromatic heterocycles. The Balaban J connectivity index is 0.00000368. The number of nitriles is 1. The molecule has 1 aliphatic rings. The molecule has 10 heteroatoms. The number of phenols is 1. The number of hydrogen-bond acceptors (Lipinski definition) is 7. The third kappa shape index (κ3) is 6.37. The highest BCUT2D eigenvalue weighted by atomic mass is 35.5. The van der Waals surface area contributed by atoms with E-state index in [1.807, 2.05) is 24.3 Å². The number of benzene rings is 3. The Hall–Kier alpha value is -4.75. The van der Waals surface area contributed by atoms with Gasteiger partial charge in [-0.15, -0.1) is 23.7 Å². The van der Waals surface area contributed by atoms with Crippen molar-refractivity contribution in [3.63, 3.8) is 0 Å². The number of phenolic OH excluding ortho intramolecular Hbond substituents is 1. The first-order chi connectivity index (χ1) is 20.5. The molecule has 0 spiro atoms. The fraction of sp³-hybridized carbons (Fsp3) is 0.152. The molecule has 4 N–H and O–H groups in total. The summed E-state index contributed by atoms with van der Waals surface area (Å²) in [5.74, 6) is -0.511. The van der Waals surface area contributed by atoms with Crippen LogP contribution in [0.25, 0.3) is 32.5 Å². The van der Waals surface area contributed by atoms with Crippen molar-refractivity contribution in [1.29, 1.82) is 5.26 Å². The molecule has 5 aromatic rings. The van der Waals surface area contributed by atoms with E-state index in [1.165, 1.54) is 11.3 Å². The largest absolute Gasteiger partial charge is 0.507 e. The smallest absolute Gasteiger partial charge is 0.266 e. The van der Waals surface area contributed by atoms with Crippen LogP contribution in [0.15, 0.2) is 84.9 Å². The van der Waals surface area contributed by atoms with Gasteiger partial charge in [-0.1, -0.05) is 42.5 Å². The summed E-state index contributed by atoms with van der Waals surface area (Å²) < 4.78 is 0.971. The molecule has 0 saturated carbocycles. The summed E-state index contributed by atoms with van der Waals surface area (Å²) in [4.78, 5) is 31.6. The van der Waals surface area contributed by atoms with E-state index in [0.717, 1.165) is 36.0 Å². The van der Waals surface area contributed by atoms with Gasteiger partial charge in [0.05, 0.1) is 10.6 Å². The number of nitrogens with zero attached hydrogens (tertiary/aromatic N) is 2. The Kier molecular flexibility index (Phi) is 9.02. The molecule has 8 nitrogen and oxygen atoms in total. The molecule has 3 heterocycles. The van der Waals surface area contributed by atoms with Crippen molar-refractivity contribution in [2.45, 2.75) is 18.9 Å². The van der Waals surface area contributed by atoms with E-state index < -0.39 is 5.91 Å². The summed E-state index contributed by atoms with van der Waals surface area (Å²) >= 11 is 1.35.